The van der Waals surface area contributed by atoms with Gasteiger partial charge >= 0.3 is 0 Å². The average Bonchev–Trinajstić information content (AvgIpc) is 2.43. The van der Waals surface area contributed by atoms with Gasteiger partial charge in [-0.05, 0) is 24.8 Å². The third kappa shape index (κ3) is 6.55. The van der Waals surface area contributed by atoms with Gasteiger partial charge in [0.1, 0.15) is 0 Å². The summed E-state index contributed by atoms with van der Waals surface area (Å²) in [5.41, 5.74) is 1.33. The van der Waals surface area contributed by atoms with E-state index in [9.17, 15) is 0 Å². The molecule has 0 aromatic heterocycles. The van der Waals surface area contributed by atoms with Crippen LogP contribution in [-0.4, -0.2) is 11.9 Å². The van der Waals surface area contributed by atoms with Gasteiger partial charge in [-0.25, -0.2) is 0 Å². The van der Waals surface area contributed by atoms with Crippen molar-refractivity contribution in [3.05, 3.63) is 35.9 Å². The molecular weight excluding hydrogens is 288 g/mol. The van der Waals surface area contributed by atoms with Crippen molar-refractivity contribution in [2.75, 3.05) is 11.9 Å². The number of hydrogen-bond acceptors (Lipinski definition) is 1. The Morgan fingerprint density at radius 2 is 1.83 bits per heavy atom. The third-order valence-corrected chi connectivity index (χ3v) is 3.65. The van der Waals surface area contributed by atoms with Gasteiger partial charge in [-0.2, -0.15) is 0 Å². The third-order valence-electron chi connectivity index (χ3n) is 3.09. The summed E-state index contributed by atoms with van der Waals surface area (Å²) in [6.45, 7) is 3.12. The zero-order valence-corrected chi connectivity index (χ0v) is 13.0. The lowest BCUT2D eigenvalue weighted by Crippen LogP contribution is -2.06. The molecule has 0 saturated heterocycles. The minimum absolute atomic E-state index is 0.287. The van der Waals surface area contributed by atoms with Crippen LogP contribution in [0.3, 0.4) is 0 Å². The Morgan fingerprint density at radius 3 is 2.50 bits per heavy atom. The number of alkyl halides is 1. The summed E-state index contributed by atoms with van der Waals surface area (Å²) in [7, 11) is 0. The Bertz CT molecular complexity index is 286. The van der Waals surface area contributed by atoms with Gasteiger partial charge in [0.2, 0.25) is 0 Å². The number of unbranched alkanes of at least 4 members (excludes halogenated alkanes) is 3. The zero-order chi connectivity index (χ0) is 13.1. The molecule has 1 unspecified atom stereocenters. The molecule has 1 rings (SSSR count). The molecule has 1 atom stereocenters. The Balaban J connectivity index is 2.36. The van der Waals surface area contributed by atoms with Gasteiger partial charge in [-0.3, -0.25) is 0 Å². The number of rotatable bonds is 10. The van der Waals surface area contributed by atoms with Crippen LogP contribution < -0.4 is 0 Å². The van der Waals surface area contributed by atoms with E-state index in [0.29, 0.717) is 0 Å². The summed E-state index contributed by atoms with van der Waals surface area (Å²) < 4.78 is 6.06. The molecule has 102 valence electrons. The van der Waals surface area contributed by atoms with Crippen LogP contribution in [0, 0.1) is 0 Å². The predicted molar refractivity (Wildman–Crippen MR) is 82.3 cm³/mol. The molecule has 0 bridgehead atoms. The Morgan fingerprint density at radius 1 is 1.06 bits per heavy atom. The lowest BCUT2D eigenvalue weighted by molar-refractivity contribution is 0.0427. The maximum absolute atomic E-state index is 6.06. The van der Waals surface area contributed by atoms with Crippen molar-refractivity contribution in [2.45, 2.75) is 51.6 Å². The van der Waals surface area contributed by atoms with Crippen LogP contribution in [-0.2, 0) is 4.74 Å². The van der Waals surface area contributed by atoms with Crippen LogP contribution in [0.1, 0.15) is 57.1 Å². The van der Waals surface area contributed by atoms with Gasteiger partial charge in [0.15, 0.2) is 0 Å². The summed E-state index contributed by atoms with van der Waals surface area (Å²) in [4.78, 5) is 0. The number of hydrogen-bond donors (Lipinski definition) is 0. The first-order valence-electron chi connectivity index (χ1n) is 7.11. The van der Waals surface area contributed by atoms with Crippen molar-refractivity contribution in [1.82, 2.24) is 0 Å². The van der Waals surface area contributed by atoms with E-state index in [4.69, 9.17) is 4.74 Å². The van der Waals surface area contributed by atoms with Crippen molar-refractivity contribution in [3.63, 3.8) is 0 Å². The van der Waals surface area contributed by atoms with Gasteiger partial charge < -0.3 is 4.74 Å². The molecular formula is C16H25BrO. The first-order chi connectivity index (χ1) is 8.88. The normalized spacial score (nSPS) is 12.6. The van der Waals surface area contributed by atoms with E-state index in [1.54, 1.807) is 0 Å². The highest BCUT2D eigenvalue weighted by Crippen LogP contribution is 2.23. The van der Waals surface area contributed by atoms with E-state index in [1.807, 2.05) is 0 Å². The maximum Gasteiger partial charge on any atom is 0.0824 e. The van der Waals surface area contributed by atoms with E-state index in [2.05, 4.69) is 53.2 Å². The Kier molecular flexibility index (Phi) is 9.23. The standard InChI is InChI=1S/C16H25BrO/c1-2-3-12-16(15-10-6-4-7-11-15)18-14-9-5-8-13-17/h4,6-7,10-11,16H,2-3,5,8-9,12-14H2,1H3. The van der Waals surface area contributed by atoms with Crippen LogP contribution in [0.4, 0.5) is 0 Å². The van der Waals surface area contributed by atoms with Gasteiger partial charge in [0.05, 0.1) is 6.10 Å². The second-order valence-corrected chi connectivity index (χ2v) is 5.45. The van der Waals surface area contributed by atoms with E-state index < -0.39 is 0 Å². The van der Waals surface area contributed by atoms with Gasteiger partial charge in [-0.1, -0.05) is 72.4 Å². The van der Waals surface area contributed by atoms with Gasteiger partial charge in [-0.15, -0.1) is 0 Å². The molecule has 1 aromatic rings. The molecule has 1 nitrogen and oxygen atoms in total. The van der Waals surface area contributed by atoms with E-state index >= 15 is 0 Å². The molecule has 1 aromatic carbocycles. The zero-order valence-electron chi connectivity index (χ0n) is 11.4. The van der Waals surface area contributed by atoms with Crippen LogP contribution in [0.15, 0.2) is 30.3 Å². The molecule has 0 amide bonds. The minimum Gasteiger partial charge on any atom is -0.374 e. The fourth-order valence-corrected chi connectivity index (χ4v) is 2.40. The maximum atomic E-state index is 6.06. The Hall–Kier alpha value is -0.340. The molecule has 0 aliphatic carbocycles. The fourth-order valence-electron chi connectivity index (χ4n) is 2.00. The first kappa shape index (κ1) is 15.7. The minimum atomic E-state index is 0.287. The molecule has 0 heterocycles. The fraction of sp³-hybridized carbons (Fsp3) is 0.625. The average molecular weight is 313 g/mol. The number of halogens is 1. The monoisotopic (exact) mass is 312 g/mol. The summed E-state index contributed by atoms with van der Waals surface area (Å²) in [5.74, 6) is 0. The number of benzene rings is 1. The highest BCUT2D eigenvalue weighted by atomic mass is 79.9. The summed E-state index contributed by atoms with van der Waals surface area (Å²) in [6, 6.07) is 10.6. The molecule has 0 radical (unpaired) electrons. The molecule has 2 heteroatoms. The predicted octanol–water partition coefficient (Wildman–Crippen LogP) is 5.50. The molecule has 18 heavy (non-hydrogen) atoms. The SMILES string of the molecule is CCCCC(OCCCCCBr)c1ccccc1. The van der Waals surface area contributed by atoms with Crippen LogP contribution in [0.5, 0.6) is 0 Å². The van der Waals surface area contributed by atoms with Crippen LogP contribution >= 0.6 is 15.9 Å². The number of ether oxygens (including phenoxy) is 1. The highest BCUT2D eigenvalue weighted by molar-refractivity contribution is 9.09. The van der Waals surface area contributed by atoms with Crippen LogP contribution in [0.25, 0.3) is 0 Å². The summed E-state index contributed by atoms with van der Waals surface area (Å²) in [6.07, 6.45) is 7.56. The molecule has 0 fully saturated rings. The smallest absolute Gasteiger partial charge is 0.0824 e. The van der Waals surface area contributed by atoms with E-state index in [0.717, 1.165) is 18.4 Å². The van der Waals surface area contributed by atoms with E-state index in [1.165, 1.54) is 37.7 Å². The molecule has 0 aliphatic heterocycles. The summed E-state index contributed by atoms with van der Waals surface area (Å²) >= 11 is 3.46. The first-order valence-corrected chi connectivity index (χ1v) is 8.23. The topological polar surface area (TPSA) is 9.23 Å². The van der Waals surface area contributed by atoms with Crippen molar-refractivity contribution < 1.29 is 4.74 Å². The molecule has 0 aliphatic rings. The van der Waals surface area contributed by atoms with Gasteiger partial charge in [0.25, 0.3) is 0 Å². The molecule has 0 N–H and O–H groups in total. The second kappa shape index (κ2) is 10.6. The van der Waals surface area contributed by atoms with Gasteiger partial charge in [0, 0.05) is 11.9 Å². The molecule has 0 saturated carbocycles. The lowest BCUT2D eigenvalue weighted by Gasteiger charge is -2.18. The summed E-state index contributed by atoms with van der Waals surface area (Å²) in [5, 5.41) is 1.10. The largest absolute Gasteiger partial charge is 0.374 e. The van der Waals surface area contributed by atoms with Crippen molar-refractivity contribution in [2.24, 2.45) is 0 Å². The lowest BCUT2D eigenvalue weighted by atomic mass is 10.0. The van der Waals surface area contributed by atoms with Crippen molar-refractivity contribution in [3.8, 4) is 0 Å². The molecule has 0 spiro atoms. The van der Waals surface area contributed by atoms with Crippen molar-refractivity contribution >= 4 is 15.9 Å². The van der Waals surface area contributed by atoms with E-state index in [-0.39, 0.29) is 6.10 Å². The van der Waals surface area contributed by atoms with Crippen LogP contribution in [0.2, 0.25) is 0 Å². The second-order valence-electron chi connectivity index (χ2n) is 4.66. The Labute approximate surface area is 120 Å². The van der Waals surface area contributed by atoms with Crippen molar-refractivity contribution in [1.29, 1.82) is 0 Å². The highest BCUT2D eigenvalue weighted by Gasteiger charge is 2.10. The quantitative estimate of drug-likeness (QED) is 0.409.